The third kappa shape index (κ3) is 3.90. The highest BCUT2D eigenvalue weighted by molar-refractivity contribution is 6.30. The average Bonchev–Trinajstić information content (AvgIpc) is 2.48. The van der Waals surface area contributed by atoms with Gasteiger partial charge in [0.05, 0.1) is 11.8 Å². The van der Waals surface area contributed by atoms with Crippen molar-refractivity contribution in [2.24, 2.45) is 5.10 Å². The van der Waals surface area contributed by atoms with E-state index in [-0.39, 0.29) is 5.56 Å². The lowest BCUT2D eigenvalue weighted by Gasteiger charge is -2.01. The third-order valence-electron chi connectivity index (χ3n) is 2.67. The Bertz CT molecular complexity index is 696. The van der Waals surface area contributed by atoms with Crippen molar-refractivity contribution < 1.29 is 14.7 Å². The lowest BCUT2D eigenvalue weighted by Crippen LogP contribution is -2.17. The van der Waals surface area contributed by atoms with Gasteiger partial charge in [-0.25, -0.2) is 10.2 Å². The maximum absolute atomic E-state index is 11.8. The molecular formula is C15H11ClN2O3. The van der Waals surface area contributed by atoms with Gasteiger partial charge in [-0.05, 0) is 30.3 Å². The molecule has 0 fully saturated rings. The van der Waals surface area contributed by atoms with Crippen LogP contribution in [-0.4, -0.2) is 23.2 Å². The molecule has 21 heavy (non-hydrogen) atoms. The molecule has 106 valence electrons. The molecule has 0 spiro atoms. The molecular weight excluding hydrogens is 292 g/mol. The molecule has 0 aliphatic carbocycles. The molecule has 0 unspecified atom stereocenters. The summed E-state index contributed by atoms with van der Waals surface area (Å²) in [6, 6.07) is 12.7. The highest BCUT2D eigenvalue weighted by atomic mass is 35.5. The second kappa shape index (κ2) is 6.67. The SMILES string of the molecule is O=C(N/N=C\c1ccccc1C(=O)O)c1ccc(Cl)cc1. The smallest absolute Gasteiger partial charge is 0.336 e. The average molecular weight is 303 g/mol. The molecule has 0 atom stereocenters. The molecule has 0 heterocycles. The number of nitrogens with zero attached hydrogens (tertiary/aromatic N) is 1. The zero-order chi connectivity index (χ0) is 15.2. The van der Waals surface area contributed by atoms with Gasteiger partial charge in [0, 0.05) is 16.1 Å². The number of benzene rings is 2. The summed E-state index contributed by atoms with van der Waals surface area (Å²) in [5.74, 6) is -1.46. The predicted octanol–water partition coefficient (Wildman–Crippen LogP) is 2.80. The lowest BCUT2D eigenvalue weighted by molar-refractivity contribution is 0.0696. The molecule has 0 saturated carbocycles. The van der Waals surface area contributed by atoms with Crippen LogP contribution in [0.3, 0.4) is 0 Å². The van der Waals surface area contributed by atoms with E-state index >= 15 is 0 Å². The van der Waals surface area contributed by atoms with Crippen LogP contribution < -0.4 is 5.43 Å². The van der Waals surface area contributed by atoms with Crippen molar-refractivity contribution in [2.75, 3.05) is 0 Å². The fourth-order valence-corrected chi connectivity index (χ4v) is 1.76. The Labute approximate surface area is 125 Å². The Balaban J connectivity index is 2.07. The van der Waals surface area contributed by atoms with Crippen LogP contribution in [0.4, 0.5) is 0 Å². The molecule has 0 aromatic heterocycles. The molecule has 0 aliphatic rings. The van der Waals surface area contributed by atoms with E-state index in [1.54, 1.807) is 42.5 Å². The standard InChI is InChI=1S/C15H11ClN2O3/c16-12-7-5-10(6-8-12)14(19)18-17-9-11-3-1-2-4-13(11)15(20)21/h1-9H,(H,18,19)(H,20,21)/b17-9-. The molecule has 2 N–H and O–H groups in total. The summed E-state index contributed by atoms with van der Waals surface area (Å²) >= 11 is 5.73. The van der Waals surface area contributed by atoms with Crippen molar-refractivity contribution in [3.8, 4) is 0 Å². The Morgan fingerprint density at radius 2 is 1.76 bits per heavy atom. The fraction of sp³-hybridized carbons (Fsp3) is 0. The van der Waals surface area contributed by atoms with Crippen LogP contribution in [0.15, 0.2) is 53.6 Å². The minimum Gasteiger partial charge on any atom is -0.478 e. The first-order valence-corrected chi connectivity index (χ1v) is 6.37. The van der Waals surface area contributed by atoms with Gasteiger partial charge in [0.2, 0.25) is 0 Å². The van der Waals surface area contributed by atoms with E-state index in [0.717, 1.165) is 0 Å². The Kier molecular flexibility index (Phi) is 4.68. The number of carboxylic acid groups (broad SMARTS) is 1. The fourth-order valence-electron chi connectivity index (χ4n) is 1.63. The van der Waals surface area contributed by atoms with E-state index in [2.05, 4.69) is 10.5 Å². The monoisotopic (exact) mass is 302 g/mol. The van der Waals surface area contributed by atoms with Crippen molar-refractivity contribution in [2.45, 2.75) is 0 Å². The molecule has 0 radical (unpaired) electrons. The van der Waals surface area contributed by atoms with Gasteiger partial charge in [0.15, 0.2) is 0 Å². The van der Waals surface area contributed by atoms with Crippen LogP contribution >= 0.6 is 11.6 Å². The molecule has 0 saturated heterocycles. The molecule has 0 bridgehead atoms. The number of carbonyl (C=O) groups excluding carboxylic acids is 1. The second-order valence-electron chi connectivity index (χ2n) is 4.10. The van der Waals surface area contributed by atoms with Crippen molar-refractivity contribution in [1.29, 1.82) is 0 Å². The topological polar surface area (TPSA) is 78.8 Å². The maximum atomic E-state index is 11.8. The van der Waals surface area contributed by atoms with Crippen LogP contribution in [0.1, 0.15) is 26.3 Å². The normalized spacial score (nSPS) is 10.5. The highest BCUT2D eigenvalue weighted by Gasteiger charge is 2.07. The van der Waals surface area contributed by atoms with Gasteiger partial charge >= 0.3 is 5.97 Å². The van der Waals surface area contributed by atoms with E-state index in [4.69, 9.17) is 16.7 Å². The highest BCUT2D eigenvalue weighted by Crippen LogP contribution is 2.09. The number of amides is 1. The first-order valence-electron chi connectivity index (χ1n) is 5.99. The van der Waals surface area contributed by atoms with Crippen LogP contribution in [0.5, 0.6) is 0 Å². The van der Waals surface area contributed by atoms with Crippen molar-refractivity contribution in [1.82, 2.24) is 5.43 Å². The number of aromatic carboxylic acids is 1. The van der Waals surface area contributed by atoms with Gasteiger partial charge in [0.25, 0.3) is 5.91 Å². The molecule has 5 nitrogen and oxygen atoms in total. The Morgan fingerprint density at radius 1 is 1.10 bits per heavy atom. The van der Waals surface area contributed by atoms with Crippen LogP contribution in [-0.2, 0) is 0 Å². The first kappa shape index (κ1) is 14.7. The number of hydrogen-bond acceptors (Lipinski definition) is 3. The van der Waals surface area contributed by atoms with Crippen LogP contribution in [0.25, 0.3) is 0 Å². The minimum absolute atomic E-state index is 0.113. The lowest BCUT2D eigenvalue weighted by atomic mass is 10.1. The largest absolute Gasteiger partial charge is 0.478 e. The van der Waals surface area contributed by atoms with Gasteiger partial charge in [0.1, 0.15) is 0 Å². The van der Waals surface area contributed by atoms with Crippen molar-refractivity contribution in [3.05, 3.63) is 70.2 Å². The Morgan fingerprint density at radius 3 is 2.43 bits per heavy atom. The summed E-state index contributed by atoms with van der Waals surface area (Å²) in [6.07, 6.45) is 1.29. The summed E-state index contributed by atoms with van der Waals surface area (Å²) in [7, 11) is 0. The van der Waals surface area contributed by atoms with Gasteiger partial charge in [-0.15, -0.1) is 0 Å². The zero-order valence-corrected chi connectivity index (χ0v) is 11.5. The second-order valence-corrected chi connectivity index (χ2v) is 4.53. The number of halogens is 1. The summed E-state index contributed by atoms with van der Waals surface area (Å²) in [6.45, 7) is 0. The van der Waals surface area contributed by atoms with Gasteiger partial charge in [-0.1, -0.05) is 29.8 Å². The van der Waals surface area contributed by atoms with E-state index in [9.17, 15) is 9.59 Å². The molecule has 6 heteroatoms. The quantitative estimate of drug-likeness (QED) is 0.673. The predicted molar refractivity (Wildman–Crippen MR) is 79.9 cm³/mol. The summed E-state index contributed by atoms with van der Waals surface area (Å²) in [4.78, 5) is 22.8. The number of hydrogen-bond donors (Lipinski definition) is 2. The van der Waals surface area contributed by atoms with Crippen molar-refractivity contribution >= 4 is 29.7 Å². The van der Waals surface area contributed by atoms with E-state index in [0.29, 0.717) is 16.1 Å². The number of carbonyl (C=O) groups is 2. The van der Waals surface area contributed by atoms with Gasteiger partial charge in [-0.2, -0.15) is 5.10 Å². The molecule has 2 aromatic rings. The summed E-state index contributed by atoms with van der Waals surface area (Å²) < 4.78 is 0. The van der Waals surface area contributed by atoms with Gasteiger partial charge in [-0.3, -0.25) is 4.79 Å². The Hall–Kier alpha value is -2.66. The molecule has 2 aromatic carbocycles. The van der Waals surface area contributed by atoms with Crippen LogP contribution in [0.2, 0.25) is 5.02 Å². The molecule has 2 rings (SSSR count). The van der Waals surface area contributed by atoms with Crippen molar-refractivity contribution in [3.63, 3.8) is 0 Å². The summed E-state index contributed by atoms with van der Waals surface area (Å²) in [5.41, 5.74) is 3.25. The van der Waals surface area contributed by atoms with E-state index in [1.807, 2.05) is 0 Å². The molecule has 1 amide bonds. The number of carboxylic acids is 1. The minimum atomic E-state index is -1.05. The number of nitrogens with one attached hydrogen (secondary N) is 1. The third-order valence-corrected chi connectivity index (χ3v) is 2.92. The maximum Gasteiger partial charge on any atom is 0.336 e. The van der Waals surface area contributed by atoms with Gasteiger partial charge < -0.3 is 5.11 Å². The number of hydrazone groups is 1. The molecule has 0 aliphatic heterocycles. The number of rotatable bonds is 4. The first-order chi connectivity index (χ1) is 10.1. The van der Waals surface area contributed by atoms with E-state index < -0.39 is 11.9 Å². The van der Waals surface area contributed by atoms with Crippen LogP contribution in [0, 0.1) is 0 Å². The zero-order valence-electron chi connectivity index (χ0n) is 10.8. The summed E-state index contributed by atoms with van der Waals surface area (Å²) in [5, 5.41) is 13.3. The van der Waals surface area contributed by atoms with E-state index in [1.165, 1.54) is 12.3 Å².